The molecule has 0 atom stereocenters. The summed E-state index contributed by atoms with van der Waals surface area (Å²) < 4.78 is 2.36. The highest BCUT2D eigenvalue weighted by Crippen LogP contribution is 2.21. The second-order valence-corrected chi connectivity index (χ2v) is 5.25. The number of rotatable bonds is 6. The first kappa shape index (κ1) is 13.8. The van der Waals surface area contributed by atoms with Crippen molar-refractivity contribution in [2.24, 2.45) is 0 Å². The topological polar surface area (TPSA) is 29.9 Å². The molecule has 0 saturated carbocycles. The van der Waals surface area contributed by atoms with Crippen molar-refractivity contribution in [2.75, 3.05) is 6.54 Å². The molecule has 3 rings (SSSR count). The van der Waals surface area contributed by atoms with Crippen LogP contribution in [-0.2, 0) is 19.5 Å². The van der Waals surface area contributed by atoms with Crippen molar-refractivity contribution >= 4 is 10.9 Å². The van der Waals surface area contributed by atoms with E-state index < -0.39 is 0 Å². The number of fused-ring (bicyclic) bond motifs is 1. The lowest BCUT2D eigenvalue weighted by Gasteiger charge is -2.05. The first-order chi connectivity index (χ1) is 10.4. The summed E-state index contributed by atoms with van der Waals surface area (Å²) in [6.45, 7) is 5.06. The Balaban J connectivity index is 1.84. The molecule has 2 aromatic heterocycles. The number of hydrogen-bond acceptors (Lipinski definition) is 2. The van der Waals surface area contributed by atoms with Crippen LogP contribution in [0.25, 0.3) is 10.9 Å². The minimum atomic E-state index is 0.930. The molecule has 0 aliphatic carbocycles. The summed E-state index contributed by atoms with van der Waals surface area (Å²) in [4.78, 5) is 4.07. The van der Waals surface area contributed by atoms with E-state index in [-0.39, 0.29) is 0 Å². The zero-order valence-corrected chi connectivity index (χ0v) is 12.4. The van der Waals surface area contributed by atoms with E-state index in [2.05, 4.69) is 64.4 Å². The lowest BCUT2D eigenvalue weighted by atomic mass is 10.2. The Morgan fingerprint density at radius 3 is 2.71 bits per heavy atom. The van der Waals surface area contributed by atoms with Crippen LogP contribution in [-0.4, -0.2) is 16.1 Å². The van der Waals surface area contributed by atoms with Gasteiger partial charge in [0, 0.05) is 42.6 Å². The lowest BCUT2D eigenvalue weighted by molar-refractivity contribution is 0.701. The van der Waals surface area contributed by atoms with Gasteiger partial charge in [0.1, 0.15) is 0 Å². The zero-order valence-electron chi connectivity index (χ0n) is 12.4. The number of hydrogen-bond donors (Lipinski definition) is 1. The quantitative estimate of drug-likeness (QED) is 0.749. The number of aryl methyl sites for hydroxylation is 2. The summed E-state index contributed by atoms with van der Waals surface area (Å²) in [5.74, 6) is 0. The Morgan fingerprint density at radius 1 is 1.10 bits per heavy atom. The predicted molar refractivity (Wildman–Crippen MR) is 87.3 cm³/mol. The number of benzene rings is 1. The molecule has 0 spiro atoms. The summed E-state index contributed by atoms with van der Waals surface area (Å²) in [6, 6.07) is 12.8. The number of para-hydroxylation sites is 1. The van der Waals surface area contributed by atoms with Gasteiger partial charge in [0.2, 0.25) is 0 Å². The van der Waals surface area contributed by atoms with Gasteiger partial charge in [-0.1, -0.05) is 25.1 Å². The van der Waals surface area contributed by atoms with E-state index in [1.54, 1.807) is 0 Å². The summed E-state index contributed by atoms with van der Waals surface area (Å²) in [5, 5.41) is 4.78. The highest BCUT2D eigenvalue weighted by Gasteiger charge is 2.07. The summed E-state index contributed by atoms with van der Waals surface area (Å²) in [6.07, 6.45) is 7.04. The molecule has 0 unspecified atom stereocenters. The average molecular weight is 279 g/mol. The number of aromatic nitrogens is 2. The van der Waals surface area contributed by atoms with Crippen LogP contribution in [0.5, 0.6) is 0 Å². The highest BCUT2D eigenvalue weighted by molar-refractivity contribution is 5.83. The van der Waals surface area contributed by atoms with E-state index in [0.29, 0.717) is 0 Å². The van der Waals surface area contributed by atoms with Crippen molar-refractivity contribution in [3.63, 3.8) is 0 Å². The largest absolute Gasteiger partial charge is 0.347 e. The first-order valence-corrected chi connectivity index (χ1v) is 7.55. The van der Waals surface area contributed by atoms with Gasteiger partial charge < -0.3 is 9.88 Å². The van der Waals surface area contributed by atoms with E-state index >= 15 is 0 Å². The maximum atomic E-state index is 4.07. The Morgan fingerprint density at radius 2 is 1.90 bits per heavy atom. The highest BCUT2D eigenvalue weighted by atomic mass is 15.0. The maximum Gasteiger partial charge on any atom is 0.0483 e. The molecule has 108 valence electrons. The molecule has 3 heteroatoms. The summed E-state index contributed by atoms with van der Waals surface area (Å²) in [7, 11) is 0. The Kier molecular flexibility index (Phi) is 4.31. The van der Waals surface area contributed by atoms with Crippen molar-refractivity contribution in [1.29, 1.82) is 0 Å². The van der Waals surface area contributed by atoms with Crippen molar-refractivity contribution < 1.29 is 0 Å². The van der Waals surface area contributed by atoms with Crippen molar-refractivity contribution in [3.8, 4) is 0 Å². The van der Waals surface area contributed by atoms with Crippen molar-refractivity contribution in [2.45, 2.75) is 26.4 Å². The molecule has 0 aliphatic rings. The second-order valence-electron chi connectivity index (χ2n) is 5.25. The van der Waals surface area contributed by atoms with Crippen LogP contribution in [0.4, 0.5) is 0 Å². The van der Waals surface area contributed by atoms with Crippen LogP contribution >= 0.6 is 0 Å². The van der Waals surface area contributed by atoms with Crippen molar-refractivity contribution in [1.82, 2.24) is 14.9 Å². The molecule has 1 aromatic carbocycles. The van der Waals surface area contributed by atoms with Crippen LogP contribution in [0.2, 0.25) is 0 Å². The van der Waals surface area contributed by atoms with Gasteiger partial charge in [-0.2, -0.15) is 0 Å². The van der Waals surface area contributed by atoms with Crippen LogP contribution in [0.3, 0.4) is 0 Å². The standard InChI is InChI=1S/C18H21N3/c1-2-19-13-16-14-21(18-6-4-3-5-17(16)18)12-9-15-7-10-20-11-8-15/h3-8,10-11,14,19H,2,9,12-13H2,1H3. The molecule has 0 aliphatic heterocycles. The first-order valence-electron chi connectivity index (χ1n) is 7.55. The molecule has 2 heterocycles. The average Bonchev–Trinajstić information content (AvgIpc) is 2.90. The third-order valence-electron chi connectivity index (χ3n) is 3.83. The van der Waals surface area contributed by atoms with Gasteiger partial charge in [-0.15, -0.1) is 0 Å². The summed E-state index contributed by atoms with van der Waals surface area (Å²) in [5.41, 5.74) is 4.03. The van der Waals surface area contributed by atoms with Gasteiger partial charge in [-0.3, -0.25) is 4.98 Å². The molecule has 0 fully saturated rings. The Bertz CT molecular complexity index is 701. The third-order valence-corrected chi connectivity index (χ3v) is 3.83. The van der Waals surface area contributed by atoms with Gasteiger partial charge in [-0.25, -0.2) is 0 Å². The zero-order chi connectivity index (χ0) is 14.5. The van der Waals surface area contributed by atoms with Crippen LogP contribution in [0, 0.1) is 0 Å². The van der Waals surface area contributed by atoms with Gasteiger partial charge >= 0.3 is 0 Å². The van der Waals surface area contributed by atoms with Gasteiger partial charge in [-0.05, 0) is 42.3 Å². The minimum absolute atomic E-state index is 0.930. The fourth-order valence-corrected chi connectivity index (χ4v) is 2.71. The Hall–Kier alpha value is -2.13. The van der Waals surface area contributed by atoms with Gasteiger partial charge in [0.25, 0.3) is 0 Å². The maximum absolute atomic E-state index is 4.07. The monoisotopic (exact) mass is 279 g/mol. The predicted octanol–water partition coefficient (Wildman–Crippen LogP) is 3.39. The van der Waals surface area contributed by atoms with Gasteiger partial charge in [0.15, 0.2) is 0 Å². The normalized spacial score (nSPS) is 11.1. The molecular formula is C18H21N3. The number of nitrogens with zero attached hydrogens (tertiary/aromatic N) is 2. The molecule has 0 bridgehead atoms. The van der Waals surface area contributed by atoms with E-state index in [1.165, 1.54) is 22.0 Å². The van der Waals surface area contributed by atoms with E-state index in [9.17, 15) is 0 Å². The fourth-order valence-electron chi connectivity index (χ4n) is 2.71. The second kappa shape index (κ2) is 6.55. The number of pyridine rings is 1. The van der Waals surface area contributed by atoms with E-state index in [0.717, 1.165) is 26.1 Å². The SMILES string of the molecule is CCNCc1cn(CCc2ccncc2)c2ccccc12. The summed E-state index contributed by atoms with van der Waals surface area (Å²) >= 11 is 0. The smallest absolute Gasteiger partial charge is 0.0483 e. The van der Waals surface area contributed by atoms with Crippen LogP contribution < -0.4 is 5.32 Å². The van der Waals surface area contributed by atoms with Crippen LogP contribution in [0.1, 0.15) is 18.1 Å². The third kappa shape index (κ3) is 3.14. The molecule has 0 amide bonds. The minimum Gasteiger partial charge on any atom is -0.347 e. The van der Waals surface area contributed by atoms with Crippen LogP contribution in [0.15, 0.2) is 55.0 Å². The fraction of sp³-hybridized carbons (Fsp3) is 0.278. The molecular weight excluding hydrogens is 258 g/mol. The molecule has 3 aromatic rings. The molecule has 21 heavy (non-hydrogen) atoms. The number of nitrogens with one attached hydrogen (secondary N) is 1. The Labute approximate surface area is 125 Å². The van der Waals surface area contributed by atoms with Crippen molar-refractivity contribution in [3.05, 3.63) is 66.1 Å². The van der Waals surface area contributed by atoms with Gasteiger partial charge in [0.05, 0.1) is 0 Å². The molecule has 0 radical (unpaired) electrons. The molecule has 3 nitrogen and oxygen atoms in total. The van der Waals surface area contributed by atoms with E-state index in [4.69, 9.17) is 0 Å². The van der Waals surface area contributed by atoms with E-state index in [1.807, 2.05) is 12.4 Å². The lowest BCUT2D eigenvalue weighted by Crippen LogP contribution is -2.11. The molecule has 1 N–H and O–H groups in total. The molecule has 0 saturated heterocycles.